The second-order valence-corrected chi connectivity index (χ2v) is 34.9. The van der Waals surface area contributed by atoms with Gasteiger partial charge in [0.15, 0.2) is 46.6 Å². The Bertz CT molecular complexity index is 8570. The van der Waals surface area contributed by atoms with E-state index < -0.39 is 0 Å². The van der Waals surface area contributed by atoms with Gasteiger partial charge in [-0.2, -0.15) is 9.97 Å². The highest BCUT2D eigenvalue weighted by atomic mass is 32.1. The van der Waals surface area contributed by atoms with Crippen molar-refractivity contribution in [2.45, 2.75) is 0 Å². The van der Waals surface area contributed by atoms with E-state index in [1.54, 1.807) is 34.0 Å². The van der Waals surface area contributed by atoms with Crippen LogP contribution < -0.4 is 0 Å². The summed E-state index contributed by atoms with van der Waals surface area (Å²) in [5.74, 6) is 5.72. The highest BCUT2D eigenvalue weighted by Gasteiger charge is 2.26. The number of benzene rings is 17. The summed E-state index contributed by atoms with van der Waals surface area (Å²) in [4.78, 5) is 59.5. The molecule has 0 saturated heterocycles. The van der Waals surface area contributed by atoms with Crippen molar-refractivity contribution in [1.29, 1.82) is 0 Å². The first-order valence-electron chi connectivity index (χ1n) is 43.4. The van der Waals surface area contributed by atoms with Gasteiger partial charge in [-0.3, -0.25) is 4.57 Å². The van der Waals surface area contributed by atoms with Crippen molar-refractivity contribution in [3.63, 3.8) is 0 Å². The van der Waals surface area contributed by atoms with Crippen molar-refractivity contribution >= 4 is 130 Å². The topological polar surface area (TPSA) is 169 Å². The van der Waals surface area contributed by atoms with E-state index in [-0.39, 0.29) is 0 Å². The Morgan fingerprint density at radius 2 is 0.417 bits per heavy atom. The number of aromatic nitrogens is 15. The number of nitrogens with zero attached hydrogens (tertiary/aromatic N) is 15. The molecule has 132 heavy (non-hydrogen) atoms. The Kier molecular flexibility index (Phi) is 20.1. The molecule has 18 heteroatoms. The predicted molar refractivity (Wildman–Crippen MR) is 542 cm³/mol. The molecule has 17 aromatic carbocycles. The summed E-state index contributed by atoms with van der Waals surface area (Å²) in [7, 11) is 0. The van der Waals surface area contributed by atoms with Crippen molar-refractivity contribution in [1.82, 2.24) is 73.5 Å². The third-order valence-corrected chi connectivity index (χ3v) is 26.9. The van der Waals surface area contributed by atoms with Crippen LogP contribution in [-0.2, 0) is 0 Å². The second-order valence-electron chi connectivity index (χ2n) is 31.8. The summed E-state index contributed by atoms with van der Waals surface area (Å²) in [6.45, 7) is 0. The lowest BCUT2D eigenvalue weighted by Crippen LogP contribution is -2.06. The summed E-state index contributed by atoms with van der Waals surface area (Å²) in [6.07, 6.45) is 0. The molecule has 0 unspecified atom stereocenters. The van der Waals surface area contributed by atoms with E-state index in [1.165, 1.54) is 35.6 Å². The fourth-order valence-electron chi connectivity index (χ4n) is 17.6. The van der Waals surface area contributed by atoms with Crippen molar-refractivity contribution < 1.29 is 0 Å². The van der Waals surface area contributed by atoms with E-state index in [1.807, 2.05) is 200 Å². The number of para-hydroxylation sites is 6. The normalized spacial score (nSPS) is 11.5. The van der Waals surface area contributed by atoms with E-state index in [2.05, 4.69) is 244 Å². The lowest BCUT2D eigenvalue weighted by molar-refractivity contribution is 0.953. The highest BCUT2D eigenvalue weighted by Crippen LogP contribution is 2.46. The van der Waals surface area contributed by atoms with Gasteiger partial charge in [-0.1, -0.05) is 322 Å². The highest BCUT2D eigenvalue weighted by molar-refractivity contribution is 7.22. The van der Waals surface area contributed by atoms with Gasteiger partial charge in [-0.25, -0.2) is 49.8 Å². The molecular weight excluding hydrogens is 1680 g/mol. The molecule has 0 bridgehead atoms. The van der Waals surface area contributed by atoms with Gasteiger partial charge in [0, 0.05) is 105 Å². The maximum Gasteiger partial charge on any atom is 0.238 e. The first kappa shape index (κ1) is 78.3. The van der Waals surface area contributed by atoms with Crippen molar-refractivity contribution in [3.8, 4) is 140 Å². The Balaban J connectivity index is 0.000000110. The molecule has 0 N–H and O–H groups in total. The second kappa shape index (κ2) is 33.9. The van der Waals surface area contributed by atoms with E-state index in [4.69, 9.17) is 59.8 Å². The quantitative estimate of drug-likeness (QED) is 0.101. The fraction of sp³-hybridized carbons (Fsp3) is 0. The molecule has 0 radical (unpaired) electrons. The zero-order chi connectivity index (χ0) is 87.4. The van der Waals surface area contributed by atoms with Crippen LogP contribution in [0.2, 0.25) is 0 Å². The smallest absolute Gasteiger partial charge is 0.238 e. The number of fused-ring (bicyclic) bond motifs is 12. The van der Waals surface area contributed by atoms with E-state index in [0.717, 1.165) is 148 Å². The van der Waals surface area contributed by atoms with Crippen LogP contribution >= 0.6 is 34.0 Å². The molecule has 15 nitrogen and oxygen atoms in total. The lowest BCUT2D eigenvalue weighted by atomic mass is 10.1. The Morgan fingerprint density at radius 1 is 0.167 bits per heavy atom. The average molecular weight is 1750 g/mol. The molecule has 9 aromatic heterocycles. The van der Waals surface area contributed by atoms with Crippen LogP contribution in [0.1, 0.15) is 0 Å². The van der Waals surface area contributed by atoms with Crippen molar-refractivity contribution in [3.05, 3.63) is 431 Å². The van der Waals surface area contributed by atoms with E-state index in [0.29, 0.717) is 52.5 Å². The minimum atomic E-state index is 0.584. The van der Waals surface area contributed by atoms with Crippen LogP contribution in [0.25, 0.3) is 236 Å². The molecule has 26 rings (SSSR count). The molecule has 0 amide bonds. The van der Waals surface area contributed by atoms with Crippen LogP contribution in [0.3, 0.4) is 0 Å². The summed E-state index contributed by atoms with van der Waals surface area (Å²) in [5.41, 5.74) is 22.7. The number of hydrogen-bond donors (Lipinski definition) is 0. The van der Waals surface area contributed by atoms with Gasteiger partial charge in [0.1, 0.15) is 15.0 Å². The molecule has 0 saturated carbocycles. The average Bonchev–Trinajstić information content (AvgIpc) is 1.57. The molecule has 9 heterocycles. The van der Waals surface area contributed by atoms with Gasteiger partial charge < -0.3 is 9.13 Å². The number of rotatable bonds is 14. The zero-order valence-electron chi connectivity index (χ0n) is 70.4. The zero-order valence-corrected chi connectivity index (χ0v) is 72.9. The Hall–Kier alpha value is -17.2. The summed E-state index contributed by atoms with van der Waals surface area (Å²) < 4.78 is 10.4. The van der Waals surface area contributed by atoms with Gasteiger partial charge in [0.25, 0.3) is 0 Å². The van der Waals surface area contributed by atoms with E-state index in [9.17, 15) is 0 Å². The standard InChI is InChI=1S/2C40H25N5S.C34H21N5S/c1-3-13-26(14-4-1)37-42-38(27-15-5-2-6-16-27)44-39(43-37)28-17-11-18-29(25-28)45-33-22-9-7-19-30(33)36-31(20-12-23-34(36)45)40-41-32-21-8-10-24-35(32)46-40;1-3-12-26(13-4-1)37-42-38(27-14-5-2-6-15-27)44-39(43-37)28-22-24-29(25-23-28)45-33-19-9-7-16-30(33)36-31(17-11-20-34(36)45)40-41-32-18-8-10-21-35(32)46-40;1-3-12-22(13-4-1)31-36-32(23-14-5-2-6-15-23)38-34(37-31)39-27-19-9-7-16-24(27)30-25(17-11-20-28(30)39)33-35-26-18-8-10-21-29(26)40-33/h2*1-25H;1-21H. The lowest BCUT2D eigenvalue weighted by Gasteiger charge is -2.11. The van der Waals surface area contributed by atoms with Gasteiger partial charge in [0.2, 0.25) is 5.95 Å². The first-order valence-corrected chi connectivity index (χ1v) is 45.9. The third-order valence-electron chi connectivity index (χ3n) is 23.7. The monoisotopic (exact) mass is 1750 g/mol. The summed E-state index contributed by atoms with van der Waals surface area (Å²) in [5, 5.41) is 10.1. The largest absolute Gasteiger partial charge is 0.309 e. The maximum atomic E-state index is 5.04. The Labute approximate surface area is 768 Å². The molecular formula is C114H71N15S3. The third kappa shape index (κ3) is 14.6. The summed E-state index contributed by atoms with van der Waals surface area (Å²) in [6, 6.07) is 147. The molecule has 0 aliphatic heterocycles. The maximum absolute atomic E-state index is 5.04. The van der Waals surface area contributed by atoms with Gasteiger partial charge in [0.05, 0.1) is 63.8 Å². The predicted octanol–water partition coefficient (Wildman–Crippen LogP) is 29.1. The molecule has 26 aromatic rings. The minimum absolute atomic E-state index is 0.584. The Morgan fingerprint density at radius 3 is 0.758 bits per heavy atom. The van der Waals surface area contributed by atoms with Gasteiger partial charge in [-0.15, -0.1) is 34.0 Å². The van der Waals surface area contributed by atoms with E-state index >= 15 is 0 Å². The van der Waals surface area contributed by atoms with Crippen LogP contribution in [0.15, 0.2) is 431 Å². The SMILES string of the molecule is c1ccc(-c2nc(-c3ccccc3)nc(-c3ccc(-n4c5ccccc5c5c(-c6nc7ccccc7s6)cccc54)cc3)n2)cc1.c1ccc(-c2nc(-c3ccccc3)nc(-c3cccc(-n4c5ccccc5c5c(-c6nc7ccccc7s6)cccc54)c3)n2)cc1.c1ccc(-c2nc(-c3ccccc3)nc(-n3c4ccccc4c4c(-c5nc6ccccc6s5)cccc43)n2)cc1. The molecule has 0 aliphatic carbocycles. The minimum Gasteiger partial charge on any atom is -0.309 e. The molecule has 0 fully saturated rings. The molecule has 0 spiro atoms. The first-order chi connectivity index (χ1) is 65.4. The number of thiazole rings is 3. The van der Waals surface area contributed by atoms with Gasteiger partial charge in [-0.05, 0) is 109 Å². The van der Waals surface area contributed by atoms with Crippen LogP contribution in [-0.4, -0.2) is 73.5 Å². The molecule has 620 valence electrons. The molecule has 0 atom stereocenters. The van der Waals surface area contributed by atoms with Crippen LogP contribution in [0.5, 0.6) is 0 Å². The van der Waals surface area contributed by atoms with Gasteiger partial charge >= 0.3 is 0 Å². The number of hydrogen-bond acceptors (Lipinski definition) is 15. The van der Waals surface area contributed by atoms with Crippen molar-refractivity contribution in [2.24, 2.45) is 0 Å². The fourth-order valence-corrected chi connectivity index (χ4v) is 20.6. The van der Waals surface area contributed by atoms with Crippen molar-refractivity contribution in [2.75, 3.05) is 0 Å². The molecule has 0 aliphatic rings. The van der Waals surface area contributed by atoms with Crippen LogP contribution in [0.4, 0.5) is 0 Å². The summed E-state index contributed by atoms with van der Waals surface area (Å²) >= 11 is 5.19. The van der Waals surface area contributed by atoms with Crippen LogP contribution in [0, 0.1) is 0 Å².